The molecule has 2 N–H and O–H groups in total. The van der Waals surface area contributed by atoms with Gasteiger partial charge in [0.25, 0.3) is 0 Å². The van der Waals surface area contributed by atoms with Crippen LogP contribution in [0.3, 0.4) is 0 Å². The summed E-state index contributed by atoms with van der Waals surface area (Å²) in [5, 5.41) is 18.8. The molecule has 78 valence electrons. The van der Waals surface area contributed by atoms with Gasteiger partial charge in [0.1, 0.15) is 0 Å². The quantitative estimate of drug-likeness (QED) is 0.635. The van der Waals surface area contributed by atoms with Crippen LogP contribution in [0.25, 0.3) is 0 Å². The van der Waals surface area contributed by atoms with Crippen molar-refractivity contribution in [3.8, 4) is 0 Å². The average Bonchev–Trinajstić information content (AvgIpc) is 2.52. The van der Waals surface area contributed by atoms with Gasteiger partial charge in [-0.25, -0.2) is 0 Å². The maximum Gasteiger partial charge on any atom is 0.0860 e. The van der Waals surface area contributed by atoms with Crippen LogP contribution in [0.15, 0.2) is 0 Å². The van der Waals surface area contributed by atoms with Crippen molar-refractivity contribution in [2.75, 3.05) is 6.61 Å². The van der Waals surface area contributed by atoms with E-state index in [1.165, 1.54) is 6.42 Å². The number of aliphatic hydroxyl groups excluding tert-OH is 2. The molecule has 0 saturated carbocycles. The molecule has 1 saturated heterocycles. The lowest BCUT2D eigenvalue weighted by Gasteiger charge is -2.16. The van der Waals surface area contributed by atoms with Crippen LogP contribution in [0.5, 0.6) is 0 Å². The Morgan fingerprint density at radius 1 is 1.46 bits per heavy atom. The van der Waals surface area contributed by atoms with Crippen molar-refractivity contribution in [2.24, 2.45) is 0 Å². The maximum atomic E-state index is 9.66. The summed E-state index contributed by atoms with van der Waals surface area (Å²) in [6, 6.07) is 0. The molecule has 0 spiro atoms. The second kappa shape index (κ2) is 5.58. The van der Waals surface area contributed by atoms with Gasteiger partial charge in [0.15, 0.2) is 0 Å². The van der Waals surface area contributed by atoms with Crippen LogP contribution < -0.4 is 0 Å². The topological polar surface area (TPSA) is 49.7 Å². The molecule has 0 aliphatic carbocycles. The molecular weight excluding hydrogens is 168 g/mol. The van der Waals surface area contributed by atoms with Crippen molar-refractivity contribution < 1.29 is 14.9 Å². The summed E-state index contributed by atoms with van der Waals surface area (Å²) in [5.41, 5.74) is 0. The molecule has 0 aromatic heterocycles. The summed E-state index contributed by atoms with van der Waals surface area (Å²) in [4.78, 5) is 0. The Hall–Kier alpha value is -0.120. The van der Waals surface area contributed by atoms with Gasteiger partial charge < -0.3 is 14.9 Å². The number of unbranched alkanes of at least 4 members (excludes halogenated alkanes) is 2. The fraction of sp³-hybridized carbons (Fsp3) is 1.00. The van der Waals surface area contributed by atoms with E-state index in [0.29, 0.717) is 13.0 Å². The molecule has 1 aliphatic heterocycles. The van der Waals surface area contributed by atoms with E-state index in [9.17, 15) is 10.2 Å². The van der Waals surface area contributed by atoms with E-state index < -0.39 is 0 Å². The molecule has 0 unspecified atom stereocenters. The fourth-order valence-corrected chi connectivity index (χ4v) is 1.70. The minimum Gasteiger partial charge on any atom is -0.391 e. The zero-order valence-corrected chi connectivity index (χ0v) is 8.28. The van der Waals surface area contributed by atoms with E-state index in [4.69, 9.17) is 4.74 Å². The van der Waals surface area contributed by atoms with Gasteiger partial charge in [-0.1, -0.05) is 26.2 Å². The van der Waals surface area contributed by atoms with Crippen LogP contribution in [-0.4, -0.2) is 35.1 Å². The molecular formula is C10H20O3. The Labute approximate surface area is 79.7 Å². The lowest BCUT2D eigenvalue weighted by Crippen LogP contribution is -2.25. The molecule has 1 rings (SSSR count). The summed E-state index contributed by atoms with van der Waals surface area (Å²) in [7, 11) is 0. The SMILES string of the molecule is CCCCC[C@@H](O)[C@H]1C[C@H](O)CO1. The Kier molecular flexibility index (Phi) is 4.70. The van der Waals surface area contributed by atoms with E-state index in [1.807, 2.05) is 0 Å². The first kappa shape index (κ1) is 11.0. The van der Waals surface area contributed by atoms with Crippen molar-refractivity contribution in [1.29, 1.82) is 0 Å². The zero-order chi connectivity index (χ0) is 9.68. The van der Waals surface area contributed by atoms with Crippen LogP contribution in [-0.2, 0) is 4.74 Å². The first-order valence-electron chi connectivity index (χ1n) is 5.21. The van der Waals surface area contributed by atoms with Gasteiger partial charge >= 0.3 is 0 Å². The van der Waals surface area contributed by atoms with Gasteiger partial charge in [0.2, 0.25) is 0 Å². The lowest BCUT2D eigenvalue weighted by atomic mass is 10.0. The van der Waals surface area contributed by atoms with Gasteiger partial charge in [0.05, 0.1) is 24.9 Å². The molecule has 3 atom stereocenters. The first-order valence-corrected chi connectivity index (χ1v) is 5.21. The van der Waals surface area contributed by atoms with Crippen molar-refractivity contribution in [3.63, 3.8) is 0 Å². The Balaban J connectivity index is 2.12. The zero-order valence-electron chi connectivity index (χ0n) is 8.28. The van der Waals surface area contributed by atoms with E-state index in [1.54, 1.807) is 0 Å². The molecule has 0 radical (unpaired) electrons. The van der Waals surface area contributed by atoms with Crippen molar-refractivity contribution in [1.82, 2.24) is 0 Å². The summed E-state index contributed by atoms with van der Waals surface area (Å²) in [6.07, 6.45) is 3.88. The standard InChI is InChI=1S/C10H20O3/c1-2-3-4-5-9(12)10-6-8(11)7-13-10/h8-12H,2-7H2,1H3/t8-,9+,10+/m0/s1. The summed E-state index contributed by atoms with van der Waals surface area (Å²) in [5.74, 6) is 0. The van der Waals surface area contributed by atoms with Crippen LogP contribution >= 0.6 is 0 Å². The average molecular weight is 188 g/mol. The van der Waals surface area contributed by atoms with E-state index in [0.717, 1.165) is 19.3 Å². The lowest BCUT2D eigenvalue weighted by molar-refractivity contribution is -0.00794. The van der Waals surface area contributed by atoms with Crippen molar-refractivity contribution in [2.45, 2.75) is 57.3 Å². The number of aliphatic hydroxyl groups is 2. The van der Waals surface area contributed by atoms with E-state index in [-0.39, 0.29) is 18.3 Å². The number of rotatable bonds is 5. The Bertz CT molecular complexity index is 138. The third-order valence-electron chi connectivity index (χ3n) is 2.54. The largest absolute Gasteiger partial charge is 0.391 e. The third-order valence-corrected chi connectivity index (χ3v) is 2.54. The smallest absolute Gasteiger partial charge is 0.0860 e. The van der Waals surface area contributed by atoms with Gasteiger partial charge in [-0.2, -0.15) is 0 Å². The van der Waals surface area contributed by atoms with Crippen LogP contribution in [0, 0.1) is 0 Å². The molecule has 3 nitrogen and oxygen atoms in total. The highest BCUT2D eigenvalue weighted by Gasteiger charge is 2.28. The highest BCUT2D eigenvalue weighted by molar-refractivity contribution is 4.78. The minimum atomic E-state index is -0.385. The first-order chi connectivity index (χ1) is 6.24. The van der Waals surface area contributed by atoms with Crippen LogP contribution in [0.2, 0.25) is 0 Å². The van der Waals surface area contributed by atoms with Crippen molar-refractivity contribution in [3.05, 3.63) is 0 Å². The molecule has 3 heteroatoms. The predicted molar refractivity (Wildman–Crippen MR) is 50.5 cm³/mol. The summed E-state index contributed by atoms with van der Waals surface area (Å²) >= 11 is 0. The Morgan fingerprint density at radius 2 is 2.23 bits per heavy atom. The molecule has 0 aromatic rings. The normalized spacial score (nSPS) is 30.7. The van der Waals surface area contributed by atoms with Gasteiger partial charge in [-0.05, 0) is 6.42 Å². The maximum absolute atomic E-state index is 9.66. The van der Waals surface area contributed by atoms with Gasteiger partial charge in [-0.15, -0.1) is 0 Å². The minimum absolute atomic E-state index is 0.133. The molecule has 13 heavy (non-hydrogen) atoms. The molecule has 0 bridgehead atoms. The molecule has 0 amide bonds. The summed E-state index contributed by atoms with van der Waals surface area (Å²) in [6.45, 7) is 2.53. The van der Waals surface area contributed by atoms with Crippen LogP contribution in [0.4, 0.5) is 0 Å². The van der Waals surface area contributed by atoms with Gasteiger partial charge in [0, 0.05) is 6.42 Å². The number of hydrogen-bond donors (Lipinski definition) is 2. The molecule has 1 aliphatic rings. The van der Waals surface area contributed by atoms with Gasteiger partial charge in [-0.3, -0.25) is 0 Å². The second-order valence-corrected chi connectivity index (χ2v) is 3.82. The van der Waals surface area contributed by atoms with E-state index >= 15 is 0 Å². The molecule has 1 fully saturated rings. The van der Waals surface area contributed by atoms with Crippen LogP contribution in [0.1, 0.15) is 39.0 Å². The monoisotopic (exact) mass is 188 g/mol. The second-order valence-electron chi connectivity index (χ2n) is 3.82. The summed E-state index contributed by atoms with van der Waals surface area (Å²) < 4.78 is 5.26. The van der Waals surface area contributed by atoms with E-state index in [2.05, 4.69) is 6.92 Å². The molecule has 0 aromatic carbocycles. The fourth-order valence-electron chi connectivity index (χ4n) is 1.70. The molecule has 1 heterocycles. The number of ether oxygens (including phenoxy) is 1. The highest BCUT2D eigenvalue weighted by Crippen LogP contribution is 2.19. The predicted octanol–water partition coefficient (Wildman–Crippen LogP) is 1.08. The Morgan fingerprint density at radius 3 is 2.77 bits per heavy atom. The number of hydrogen-bond acceptors (Lipinski definition) is 3. The highest BCUT2D eigenvalue weighted by atomic mass is 16.5. The third kappa shape index (κ3) is 3.63. The van der Waals surface area contributed by atoms with Crippen molar-refractivity contribution >= 4 is 0 Å².